The van der Waals surface area contributed by atoms with E-state index in [1.54, 1.807) is 18.0 Å². The van der Waals surface area contributed by atoms with Crippen LogP contribution in [0.25, 0.3) is 5.78 Å². The summed E-state index contributed by atoms with van der Waals surface area (Å²) in [5.41, 5.74) is 0.996. The van der Waals surface area contributed by atoms with E-state index in [2.05, 4.69) is 9.97 Å². The van der Waals surface area contributed by atoms with Gasteiger partial charge in [0.25, 0.3) is 0 Å². The first-order chi connectivity index (χ1) is 7.66. The standard InChI is InChI=1S/C11H15N3OS/c1-8(15)9(2)16-7-10-6-14-5-3-4-12-11(14)13-10/h3-6,8-9,15H,7H2,1-2H3. The molecule has 0 saturated carbocycles. The third-order valence-corrected chi connectivity index (χ3v) is 3.84. The topological polar surface area (TPSA) is 50.4 Å². The van der Waals surface area contributed by atoms with Crippen LogP contribution >= 0.6 is 11.8 Å². The molecule has 0 saturated heterocycles. The molecule has 1 N–H and O–H groups in total. The summed E-state index contributed by atoms with van der Waals surface area (Å²) in [6.07, 6.45) is 5.35. The van der Waals surface area contributed by atoms with Crippen molar-refractivity contribution in [2.24, 2.45) is 0 Å². The molecule has 0 aliphatic rings. The summed E-state index contributed by atoms with van der Waals surface area (Å²) in [5.74, 6) is 1.53. The smallest absolute Gasteiger partial charge is 0.233 e. The molecule has 0 aliphatic heterocycles. The third kappa shape index (κ3) is 2.54. The molecule has 0 spiro atoms. The summed E-state index contributed by atoms with van der Waals surface area (Å²) in [6.45, 7) is 3.83. The van der Waals surface area contributed by atoms with Crippen LogP contribution in [0.2, 0.25) is 0 Å². The first-order valence-corrected chi connectivity index (χ1v) is 6.30. The Hall–Kier alpha value is -1.07. The molecule has 2 rings (SSSR count). The molecule has 0 amide bonds. The van der Waals surface area contributed by atoms with E-state index in [-0.39, 0.29) is 11.4 Å². The first kappa shape index (κ1) is 11.4. The van der Waals surface area contributed by atoms with Crippen molar-refractivity contribution in [2.45, 2.75) is 31.0 Å². The van der Waals surface area contributed by atoms with Crippen LogP contribution in [0.3, 0.4) is 0 Å². The van der Waals surface area contributed by atoms with Crippen molar-refractivity contribution in [3.63, 3.8) is 0 Å². The normalized spacial score (nSPS) is 15.2. The van der Waals surface area contributed by atoms with Crippen LogP contribution in [-0.2, 0) is 5.75 Å². The minimum Gasteiger partial charge on any atom is -0.392 e. The van der Waals surface area contributed by atoms with Crippen LogP contribution < -0.4 is 0 Å². The van der Waals surface area contributed by atoms with Crippen LogP contribution in [-0.4, -0.2) is 30.8 Å². The van der Waals surface area contributed by atoms with E-state index >= 15 is 0 Å². The number of rotatable bonds is 4. The Morgan fingerprint density at radius 2 is 2.31 bits per heavy atom. The summed E-state index contributed by atoms with van der Waals surface area (Å²) in [6, 6.07) is 1.88. The van der Waals surface area contributed by atoms with Crippen LogP contribution in [0.4, 0.5) is 0 Å². The predicted molar refractivity (Wildman–Crippen MR) is 65.4 cm³/mol. The number of aromatic nitrogens is 3. The molecular weight excluding hydrogens is 222 g/mol. The van der Waals surface area contributed by atoms with E-state index in [1.807, 2.05) is 36.7 Å². The van der Waals surface area contributed by atoms with Gasteiger partial charge in [0.1, 0.15) is 0 Å². The number of fused-ring (bicyclic) bond motifs is 1. The minimum atomic E-state index is -0.292. The van der Waals surface area contributed by atoms with E-state index in [0.717, 1.165) is 17.2 Å². The summed E-state index contributed by atoms with van der Waals surface area (Å²) >= 11 is 1.70. The van der Waals surface area contributed by atoms with Gasteiger partial charge in [0.05, 0.1) is 11.8 Å². The summed E-state index contributed by atoms with van der Waals surface area (Å²) in [5, 5.41) is 9.60. The lowest BCUT2D eigenvalue weighted by Gasteiger charge is -2.12. The molecule has 0 aromatic carbocycles. The van der Waals surface area contributed by atoms with Gasteiger partial charge < -0.3 is 5.11 Å². The van der Waals surface area contributed by atoms with Crippen molar-refractivity contribution >= 4 is 17.5 Å². The molecule has 2 unspecified atom stereocenters. The Morgan fingerprint density at radius 1 is 1.50 bits per heavy atom. The SMILES string of the molecule is CC(O)C(C)SCc1cn2cccnc2n1. The number of thioether (sulfide) groups is 1. The lowest BCUT2D eigenvalue weighted by Crippen LogP contribution is -2.15. The fraction of sp³-hybridized carbons (Fsp3) is 0.455. The van der Waals surface area contributed by atoms with Crippen molar-refractivity contribution in [3.8, 4) is 0 Å². The largest absolute Gasteiger partial charge is 0.392 e. The van der Waals surface area contributed by atoms with Gasteiger partial charge in [0, 0.05) is 29.6 Å². The van der Waals surface area contributed by atoms with Gasteiger partial charge >= 0.3 is 0 Å². The molecule has 86 valence electrons. The van der Waals surface area contributed by atoms with E-state index < -0.39 is 0 Å². The van der Waals surface area contributed by atoms with Gasteiger partial charge in [-0.25, -0.2) is 9.97 Å². The second-order valence-corrected chi connectivity index (χ2v) is 5.18. The van der Waals surface area contributed by atoms with Gasteiger partial charge in [-0.3, -0.25) is 4.40 Å². The van der Waals surface area contributed by atoms with Crippen molar-refractivity contribution in [1.29, 1.82) is 0 Å². The molecule has 0 radical (unpaired) electrons. The molecule has 0 aliphatic carbocycles. The number of nitrogens with zero attached hydrogens (tertiary/aromatic N) is 3. The van der Waals surface area contributed by atoms with Crippen LogP contribution in [0.5, 0.6) is 0 Å². The lowest BCUT2D eigenvalue weighted by atomic mass is 10.3. The monoisotopic (exact) mass is 237 g/mol. The van der Waals surface area contributed by atoms with Gasteiger partial charge in [-0.2, -0.15) is 0 Å². The molecule has 2 atom stereocenters. The fourth-order valence-electron chi connectivity index (χ4n) is 1.31. The Labute approximate surface area is 98.7 Å². The molecule has 5 heteroatoms. The number of hydrogen-bond acceptors (Lipinski definition) is 4. The molecule has 0 bridgehead atoms. The van der Waals surface area contributed by atoms with E-state index in [4.69, 9.17) is 0 Å². The molecular formula is C11H15N3OS. The summed E-state index contributed by atoms with van der Waals surface area (Å²) < 4.78 is 1.91. The molecule has 0 fully saturated rings. The van der Waals surface area contributed by atoms with Gasteiger partial charge in [0.15, 0.2) is 0 Å². The van der Waals surface area contributed by atoms with Gasteiger partial charge in [-0.1, -0.05) is 6.92 Å². The Balaban J connectivity index is 2.05. The Kier molecular flexibility index (Phi) is 3.46. The van der Waals surface area contributed by atoms with Crippen LogP contribution in [0, 0.1) is 0 Å². The number of aliphatic hydroxyl groups excluding tert-OH is 1. The zero-order chi connectivity index (χ0) is 11.5. The van der Waals surface area contributed by atoms with Gasteiger partial charge in [0.2, 0.25) is 5.78 Å². The summed E-state index contributed by atoms with van der Waals surface area (Å²) in [4.78, 5) is 8.55. The molecule has 2 heterocycles. The maximum absolute atomic E-state index is 9.38. The highest BCUT2D eigenvalue weighted by molar-refractivity contribution is 7.99. The zero-order valence-electron chi connectivity index (χ0n) is 9.37. The molecule has 4 nitrogen and oxygen atoms in total. The molecule has 2 aromatic rings. The summed E-state index contributed by atoms with van der Waals surface area (Å²) in [7, 11) is 0. The maximum atomic E-state index is 9.38. The highest BCUT2D eigenvalue weighted by Gasteiger charge is 2.10. The Bertz CT molecular complexity index is 436. The highest BCUT2D eigenvalue weighted by atomic mass is 32.2. The average molecular weight is 237 g/mol. The third-order valence-electron chi connectivity index (χ3n) is 2.46. The second-order valence-electron chi connectivity index (χ2n) is 3.82. The van der Waals surface area contributed by atoms with E-state index in [9.17, 15) is 5.11 Å². The van der Waals surface area contributed by atoms with Crippen molar-refractivity contribution in [2.75, 3.05) is 0 Å². The van der Waals surface area contributed by atoms with Crippen molar-refractivity contribution in [1.82, 2.24) is 14.4 Å². The minimum absolute atomic E-state index is 0.220. The highest BCUT2D eigenvalue weighted by Crippen LogP contribution is 2.19. The predicted octanol–water partition coefficient (Wildman–Crippen LogP) is 1.73. The molecule has 2 aromatic heterocycles. The quantitative estimate of drug-likeness (QED) is 0.880. The fourth-order valence-corrected chi connectivity index (χ4v) is 2.16. The number of imidazole rings is 1. The van der Waals surface area contributed by atoms with Crippen LogP contribution in [0.1, 0.15) is 19.5 Å². The van der Waals surface area contributed by atoms with E-state index in [0.29, 0.717) is 0 Å². The number of hydrogen-bond donors (Lipinski definition) is 1. The van der Waals surface area contributed by atoms with Gasteiger partial charge in [-0.05, 0) is 13.0 Å². The van der Waals surface area contributed by atoms with Crippen LogP contribution in [0.15, 0.2) is 24.7 Å². The maximum Gasteiger partial charge on any atom is 0.233 e. The lowest BCUT2D eigenvalue weighted by molar-refractivity contribution is 0.196. The Morgan fingerprint density at radius 3 is 3.00 bits per heavy atom. The average Bonchev–Trinajstić information content (AvgIpc) is 2.68. The number of aliphatic hydroxyl groups is 1. The van der Waals surface area contributed by atoms with Gasteiger partial charge in [-0.15, -0.1) is 11.8 Å². The second kappa shape index (κ2) is 4.84. The van der Waals surface area contributed by atoms with E-state index in [1.165, 1.54) is 0 Å². The first-order valence-electron chi connectivity index (χ1n) is 5.25. The van der Waals surface area contributed by atoms with Crippen molar-refractivity contribution < 1.29 is 5.11 Å². The zero-order valence-corrected chi connectivity index (χ0v) is 10.2. The van der Waals surface area contributed by atoms with Crippen molar-refractivity contribution in [3.05, 3.63) is 30.4 Å². The molecule has 16 heavy (non-hydrogen) atoms.